The van der Waals surface area contributed by atoms with Gasteiger partial charge in [-0.25, -0.2) is 9.78 Å². The fourth-order valence-corrected chi connectivity index (χ4v) is 3.38. The number of nitrogens with zero attached hydrogens (tertiary/aromatic N) is 3. The van der Waals surface area contributed by atoms with Crippen molar-refractivity contribution in [2.45, 2.75) is 38.1 Å². The van der Waals surface area contributed by atoms with E-state index in [-0.39, 0.29) is 30.4 Å². The van der Waals surface area contributed by atoms with Crippen LogP contribution in [0, 0.1) is 5.92 Å². The van der Waals surface area contributed by atoms with Crippen LogP contribution < -0.4 is 22.1 Å². The largest absolute Gasteiger partial charge is 0.481 e. The van der Waals surface area contributed by atoms with Crippen LogP contribution in [0.4, 0.5) is 17.6 Å². The van der Waals surface area contributed by atoms with Gasteiger partial charge in [0, 0.05) is 24.9 Å². The summed E-state index contributed by atoms with van der Waals surface area (Å²) in [4.78, 5) is 49.3. The van der Waals surface area contributed by atoms with Gasteiger partial charge >= 0.3 is 11.9 Å². The van der Waals surface area contributed by atoms with E-state index in [9.17, 15) is 14.4 Å². The van der Waals surface area contributed by atoms with Crippen LogP contribution in [0.2, 0.25) is 0 Å². The third-order valence-electron chi connectivity index (χ3n) is 5.02. The van der Waals surface area contributed by atoms with Crippen molar-refractivity contribution in [1.82, 2.24) is 25.3 Å². The molecule has 0 aromatic carbocycles. The molecule has 1 unspecified atom stereocenters. The van der Waals surface area contributed by atoms with E-state index in [1.165, 1.54) is 6.20 Å². The van der Waals surface area contributed by atoms with Gasteiger partial charge in [0.15, 0.2) is 0 Å². The zero-order valence-electron chi connectivity index (χ0n) is 16.6. The van der Waals surface area contributed by atoms with Crippen molar-refractivity contribution in [3.05, 3.63) is 23.3 Å². The quantitative estimate of drug-likeness (QED) is 0.270. The van der Waals surface area contributed by atoms with Gasteiger partial charge in [0.25, 0.3) is 5.91 Å². The first-order chi connectivity index (χ1) is 14.7. The highest BCUT2D eigenvalue weighted by molar-refractivity contribution is 5.94. The Labute approximate surface area is 176 Å². The maximum atomic E-state index is 12.3. The second-order valence-corrected chi connectivity index (χ2v) is 7.32. The average molecular weight is 432 g/mol. The number of nitrogens with two attached hydrogens (primary N) is 2. The number of hydrogen-bond acceptors (Lipinski definition) is 9. The fourth-order valence-electron chi connectivity index (χ4n) is 3.38. The Kier molecular flexibility index (Phi) is 6.52. The third kappa shape index (κ3) is 5.58. The minimum Gasteiger partial charge on any atom is -0.481 e. The summed E-state index contributed by atoms with van der Waals surface area (Å²) in [6.45, 7) is 0.681. The normalized spacial score (nSPS) is 16.1. The number of carboxylic acids is 2. The molecule has 2 aromatic rings. The van der Waals surface area contributed by atoms with E-state index in [1.54, 1.807) is 0 Å². The molecule has 166 valence electrons. The van der Waals surface area contributed by atoms with Gasteiger partial charge < -0.3 is 37.3 Å². The fraction of sp³-hybridized carbons (Fsp3) is 0.444. The van der Waals surface area contributed by atoms with Gasteiger partial charge in [-0.15, -0.1) is 0 Å². The molecule has 0 saturated heterocycles. The molecule has 0 aliphatic carbocycles. The van der Waals surface area contributed by atoms with E-state index in [4.69, 9.17) is 21.7 Å². The van der Waals surface area contributed by atoms with Crippen LogP contribution in [0.3, 0.4) is 0 Å². The van der Waals surface area contributed by atoms with Crippen LogP contribution in [0.15, 0.2) is 6.20 Å². The Morgan fingerprint density at radius 2 is 2.03 bits per heavy atom. The lowest BCUT2D eigenvalue weighted by molar-refractivity contribution is -0.140. The number of aliphatic carboxylic acids is 2. The summed E-state index contributed by atoms with van der Waals surface area (Å²) in [5, 5.41) is 23.4. The lowest BCUT2D eigenvalue weighted by atomic mass is 9.92. The lowest BCUT2D eigenvalue weighted by Crippen LogP contribution is -2.41. The second-order valence-electron chi connectivity index (χ2n) is 7.32. The summed E-state index contributed by atoms with van der Waals surface area (Å²) >= 11 is 0. The highest BCUT2D eigenvalue weighted by atomic mass is 16.4. The molecule has 2 atom stereocenters. The highest BCUT2D eigenvalue weighted by Gasteiger charge is 2.24. The van der Waals surface area contributed by atoms with Crippen molar-refractivity contribution in [3.63, 3.8) is 0 Å². The number of imidazole rings is 1. The Morgan fingerprint density at radius 3 is 2.74 bits per heavy atom. The third-order valence-corrected chi connectivity index (χ3v) is 5.02. The Bertz CT molecular complexity index is 991. The van der Waals surface area contributed by atoms with Crippen molar-refractivity contribution in [2.75, 3.05) is 23.3 Å². The predicted molar refractivity (Wildman–Crippen MR) is 109 cm³/mol. The molecule has 13 nitrogen and oxygen atoms in total. The number of aryl methyl sites for hydroxylation is 1. The van der Waals surface area contributed by atoms with E-state index >= 15 is 0 Å². The number of nitrogens with one attached hydrogen (secondary N) is 3. The zero-order valence-corrected chi connectivity index (χ0v) is 16.6. The number of rotatable bonds is 9. The summed E-state index contributed by atoms with van der Waals surface area (Å²) in [6, 6.07) is -1.30. The predicted octanol–water partition coefficient (Wildman–Crippen LogP) is -0.371. The molecule has 0 spiro atoms. The maximum Gasteiger partial charge on any atom is 0.326 e. The van der Waals surface area contributed by atoms with Crippen LogP contribution in [0.5, 0.6) is 0 Å². The molecule has 9 N–H and O–H groups in total. The minimum absolute atomic E-state index is 0.108. The van der Waals surface area contributed by atoms with Crippen molar-refractivity contribution in [1.29, 1.82) is 0 Å². The smallest absolute Gasteiger partial charge is 0.326 e. The van der Waals surface area contributed by atoms with Crippen molar-refractivity contribution in [2.24, 2.45) is 5.92 Å². The van der Waals surface area contributed by atoms with Crippen molar-refractivity contribution >= 4 is 35.4 Å². The summed E-state index contributed by atoms with van der Waals surface area (Å²) in [5.41, 5.74) is 12.5. The van der Waals surface area contributed by atoms with Gasteiger partial charge in [0.05, 0.1) is 6.20 Å². The van der Waals surface area contributed by atoms with E-state index < -0.39 is 23.9 Å². The molecule has 31 heavy (non-hydrogen) atoms. The molecule has 0 saturated carbocycles. The van der Waals surface area contributed by atoms with E-state index in [1.807, 2.05) is 0 Å². The summed E-state index contributed by atoms with van der Waals surface area (Å²) < 4.78 is 0. The van der Waals surface area contributed by atoms with Crippen LogP contribution >= 0.6 is 0 Å². The van der Waals surface area contributed by atoms with Gasteiger partial charge in [0.1, 0.15) is 29.2 Å². The van der Waals surface area contributed by atoms with E-state index in [2.05, 4.69) is 30.6 Å². The van der Waals surface area contributed by atoms with Crippen LogP contribution in [-0.4, -0.2) is 60.6 Å². The summed E-state index contributed by atoms with van der Waals surface area (Å²) in [5.74, 6) is -1.15. The van der Waals surface area contributed by atoms with Gasteiger partial charge in [-0.3, -0.25) is 9.59 Å². The van der Waals surface area contributed by atoms with Crippen molar-refractivity contribution in [3.8, 4) is 0 Å². The van der Waals surface area contributed by atoms with E-state index in [0.717, 1.165) is 12.0 Å². The van der Waals surface area contributed by atoms with Gasteiger partial charge in [-0.1, -0.05) is 0 Å². The molecular weight excluding hydrogens is 408 g/mol. The molecule has 0 bridgehead atoms. The van der Waals surface area contributed by atoms with Gasteiger partial charge in [-0.2, -0.15) is 9.97 Å². The Hall–Kier alpha value is -3.90. The first kappa shape index (κ1) is 21.8. The molecule has 2 aromatic heterocycles. The molecule has 0 radical (unpaired) electrons. The number of amides is 1. The molecule has 1 aliphatic heterocycles. The van der Waals surface area contributed by atoms with Crippen LogP contribution in [0.1, 0.15) is 41.1 Å². The number of anilines is 3. The number of nitrogen functional groups attached to an aromatic ring is 2. The Morgan fingerprint density at radius 1 is 1.26 bits per heavy atom. The van der Waals surface area contributed by atoms with Gasteiger partial charge in [0.2, 0.25) is 5.95 Å². The molecule has 13 heteroatoms. The SMILES string of the molecule is Nc1nc(N)c2c(n1)NCC(CCc1ncc(C(=O)N[C@@H](CCC(=O)O)C(=O)O)[nH]1)C2. The number of carbonyl (C=O) groups excluding carboxylic acids is 1. The molecule has 1 aliphatic rings. The number of fused-ring (bicyclic) bond motifs is 1. The molecule has 3 rings (SSSR count). The van der Waals surface area contributed by atoms with Crippen LogP contribution in [-0.2, 0) is 22.4 Å². The first-order valence-electron chi connectivity index (χ1n) is 9.68. The number of carboxylic acid groups (broad SMARTS) is 2. The average Bonchev–Trinajstić information content (AvgIpc) is 3.18. The topological polar surface area (TPSA) is 222 Å². The monoisotopic (exact) mass is 432 g/mol. The minimum atomic E-state index is -1.30. The highest BCUT2D eigenvalue weighted by Crippen LogP contribution is 2.29. The summed E-state index contributed by atoms with van der Waals surface area (Å²) in [6.07, 6.45) is 2.74. The zero-order chi connectivity index (χ0) is 22.5. The standard InChI is InChI=1S/C18H24N8O5/c19-14-9-5-8(6-22-15(9)26-18(20)25-14)1-3-12-21-7-11(23-12)16(29)24-10(17(30)31)2-4-13(27)28/h7-8,10H,1-6H2,(H,21,23)(H,24,29)(H,27,28)(H,30,31)(H5,19,20,22,25,26)/t8?,10-/m0/s1. The number of aromatic nitrogens is 4. The lowest BCUT2D eigenvalue weighted by Gasteiger charge is -2.25. The van der Waals surface area contributed by atoms with E-state index in [0.29, 0.717) is 36.8 Å². The van der Waals surface area contributed by atoms with Crippen LogP contribution in [0.25, 0.3) is 0 Å². The number of H-pyrrole nitrogens is 1. The molecule has 0 fully saturated rings. The van der Waals surface area contributed by atoms with Crippen molar-refractivity contribution < 1.29 is 24.6 Å². The molecule has 1 amide bonds. The van der Waals surface area contributed by atoms with Gasteiger partial charge in [-0.05, 0) is 25.2 Å². The second kappa shape index (κ2) is 9.28. The first-order valence-corrected chi connectivity index (χ1v) is 9.68. The molecule has 3 heterocycles. The Balaban J connectivity index is 1.54. The maximum absolute atomic E-state index is 12.3. The number of carbonyl (C=O) groups is 3. The number of hydrogen-bond donors (Lipinski definition) is 7. The number of aromatic amines is 1. The molecular formula is C18H24N8O5. The summed E-state index contributed by atoms with van der Waals surface area (Å²) in [7, 11) is 0.